The van der Waals surface area contributed by atoms with Crippen LogP contribution in [0, 0.1) is 12.7 Å². The van der Waals surface area contributed by atoms with Crippen LogP contribution in [-0.4, -0.2) is 16.7 Å². The van der Waals surface area contributed by atoms with Gasteiger partial charge in [0.2, 0.25) is 0 Å². The van der Waals surface area contributed by atoms with E-state index in [0.717, 1.165) is 24.8 Å². The Hall–Kier alpha value is -1.58. The van der Waals surface area contributed by atoms with Crippen molar-refractivity contribution in [2.45, 2.75) is 38.2 Å². The summed E-state index contributed by atoms with van der Waals surface area (Å²) in [5, 5.41) is 8.86. The first-order valence-corrected chi connectivity index (χ1v) is 5.68. The lowest BCUT2D eigenvalue weighted by Crippen LogP contribution is -2.45. The molecule has 1 aromatic carbocycles. The summed E-state index contributed by atoms with van der Waals surface area (Å²) >= 11 is 0. The van der Waals surface area contributed by atoms with Crippen molar-refractivity contribution in [2.75, 3.05) is 0 Å². The smallest absolute Gasteiger partial charge is 0.307 e. The van der Waals surface area contributed by atoms with Gasteiger partial charge in [0, 0.05) is 6.07 Å². The number of aryl methyl sites for hydroxylation is 1. The van der Waals surface area contributed by atoms with Gasteiger partial charge in [-0.05, 0) is 37.8 Å². The first kappa shape index (κ1) is 11.9. The van der Waals surface area contributed by atoms with Crippen molar-refractivity contribution >= 4 is 5.97 Å². The third-order valence-electron chi connectivity index (χ3n) is 3.21. The Morgan fingerprint density at radius 3 is 2.76 bits per heavy atom. The van der Waals surface area contributed by atoms with E-state index in [4.69, 9.17) is 9.84 Å². The van der Waals surface area contributed by atoms with Crippen LogP contribution in [0.25, 0.3) is 0 Å². The van der Waals surface area contributed by atoms with E-state index in [1.165, 1.54) is 12.1 Å². The van der Waals surface area contributed by atoms with Crippen LogP contribution in [0.15, 0.2) is 18.2 Å². The summed E-state index contributed by atoms with van der Waals surface area (Å²) in [4.78, 5) is 10.8. The Morgan fingerprint density at radius 2 is 2.24 bits per heavy atom. The van der Waals surface area contributed by atoms with Gasteiger partial charge in [0.15, 0.2) is 0 Å². The minimum Gasteiger partial charge on any atom is -0.486 e. The third kappa shape index (κ3) is 2.57. The first-order valence-electron chi connectivity index (χ1n) is 5.68. The van der Waals surface area contributed by atoms with Crippen molar-refractivity contribution in [3.63, 3.8) is 0 Å². The van der Waals surface area contributed by atoms with Crippen LogP contribution in [0.4, 0.5) is 4.39 Å². The molecule has 1 aliphatic carbocycles. The summed E-state index contributed by atoms with van der Waals surface area (Å²) in [5.41, 5.74) is 0.188. The van der Waals surface area contributed by atoms with Crippen LogP contribution >= 0.6 is 0 Å². The third-order valence-corrected chi connectivity index (χ3v) is 3.21. The van der Waals surface area contributed by atoms with Gasteiger partial charge in [0.05, 0.1) is 6.42 Å². The number of hydrogen-bond acceptors (Lipinski definition) is 2. The number of carboxylic acids is 1. The Kier molecular flexibility index (Phi) is 3.05. The zero-order valence-electron chi connectivity index (χ0n) is 9.70. The van der Waals surface area contributed by atoms with E-state index in [9.17, 15) is 9.18 Å². The standard InChI is InChI=1S/C13H15FO3/c1-9-3-4-10(14)7-11(9)17-13(5-2-6-13)8-12(15)16/h3-4,7H,2,5-6,8H2,1H3,(H,15,16). The lowest BCUT2D eigenvalue weighted by atomic mass is 9.77. The molecule has 0 saturated heterocycles. The van der Waals surface area contributed by atoms with Crippen LogP contribution in [-0.2, 0) is 4.79 Å². The molecule has 1 N–H and O–H groups in total. The molecule has 0 spiro atoms. The molecule has 1 aromatic rings. The second-order valence-electron chi connectivity index (χ2n) is 4.62. The second-order valence-corrected chi connectivity index (χ2v) is 4.62. The second kappa shape index (κ2) is 4.35. The lowest BCUT2D eigenvalue weighted by molar-refractivity contribution is -0.144. The van der Waals surface area contributed by atoms with Gasteiger partial charge in [-0.3, -0.25) is 4.79 Å². The van der Waals surface area contributed by atoms with E-state index in [2.05, 4.69) is 0 Å². The van der Waals surface area contributed by atoms with Crippen molar-refractivity contribution in [3.8, 4) is 5.75 Å². The minimum atomic E-state index is -0.876. The number of carboxylic acid groups (broad SMARTS) is 1. The lowest BCUT2D eigenvalue weighted by Gasteiger charge is -2.41. The Morgan fingerprint density at radius 1 is 1.53 bits per heavy atom. The number of hydrogen-bond donors (Lipinski definition) is 1. The van der Waals surface area contributed by atoms with E-state index in [1.54, 1.807) is 6.07 Å². The Balaban J connectivity index is 2.18. The van der Waals surface area contributed by atoms with Crippen molar-refractivity contribution in [1.29, 1.82) is 0 Å². The fraction of sp³-hybridized carbons (Fsp3) is 0.462. The number of rotatable bonds is 4. The zero-order chi connectivity index (χ0) is 12.5. The highest BCUT2D eigenvalue weighted by Crippen LogP contribution is 2.40. The molecule has 0 aromatic heterocycles. The summed E-state index contributed by atoms with van der Waals surface area (Å²) in [6, 6.07) is 4.32. The van der Waals surface area contributed by atoms with Crippen LogP contribution in [0.3, 0.4) is 0 Å². The number of halogens is 1. The molecule has 0 unspecified atom stereocenters. The summed E-state index contributed by atoms with van der Waals surface area (Å²) in [5.74, 6) is -0.792. The molecule has 0 aliphatic heterocycles. The fourth-order valence-electron chi connectivity index (χ4n) is 2.08. The van der Waals surface area contributed by atoms with Gasteiger partial charge in [-0.15, -0.1) is 0 Å². The van der Waals surface area contributed by atoms with Crippen molar-refractivity contribution < 1.29 is 19.0 Å². The van der Waals surface area contributed by atoms with E-state index in [0.29, 0.717) is 5.75 Å². The SMILES string of the molecule is Cc1ccc(F)cc1OC1(CC(=O)O)CCC1. The molecule has 17 heavy (non-hydrogen) atoms. The first-order chi connectivity index (χ1) is 8.01. The molecule has 0 radical (unpaired) electrons. The topological polar surface area (TPSA) is 46.5 Å². The maximum absolute atomic E-state index is 13.1. The normalized spacial score (nSPS) is 17.3. The number of benzene rings is 1. The maximum Gasteiger partial charge on any atom is 0.307 e. The summed E-state index contributed by atoms with van der Waals surface area (Å²) < 4.78 is 18.9. The van der Waals surface area contributed by atoms with Crippen LogP contribution in [0.2, 0.25) is 0 Å². The number of ether oxygens (including phenoxy) is 1. The molecular formula is C13H15FO3. The summed E-state index contributed by atoms with van der Waals surface area (Å²) in [7, 11) is 0. The van der Waals surface area contributed by atoms with Crippen molar-refractivity contribution in [3.05, 3.63) is 29.6 Å². The van der Waals surface area contributed by atoms with Gasteiger partial charge in [0.25, 0.3) is 0 Å². The van der Waals surface area contributed by atoms with Crippen LogP contribution < -0.4 is 4.74 Å². The van der Waals surface area contributed by atoms with Crippen LogP contribution in [0.5, 0.6) is 5.75 Å². The molecule has 92 valence electrons. The molecule has 2 rings (SSSR count). The van der Waals surface area contributed by atoms with E-state index >= 15 is 0 Å². The maximum atomic E-state index is 13.1. The largest absolute Gasteiger partial charge is 0.486 e. The fourth-order valence-corrected chi connectivity index (χ4v) is 2.08. The molecule has 0 amide bonds. The minimum absolute atomic E-state index is 0.0248. The van der Waals surface area contributed by atoms with E-state index in [-0.39, 0.29) is 12.2 Å². The predicted molar refractivity (Wildman–Crippen MR) is 60.6 cm³/mol. The van der Waals surface area contributed by atoms with Gasteiger partial charge < -0.3 is 9.84 Å². The monoisotopic (exact) mass is 238 g/mol. The number of carbonyl (C=O) groups is 1. The van der Waals surface area contributed by atoms with Gasteiger partial charge in [0.1, 0.15) is 17.2 Å². The Labute approximate surface area is 99.2 Å². The van der Waals surface area contributed by atoms with Gasteiger partial charge >= 0.3 is 5.97 Å². The summed E-state index contributed by atoms with van der Waals surface area (Å²) in [6.07, 6.45) is 2.37. The number of aliphatic carboxylic acids is 1. The molecule has 3 nitrogen and oxygen atoms in total. The van der Waals surface area contributed by atoms with Crippen molar-refractivity contribution in [2.24, 2.45) is 0 Å². The average Bonchev–Trinajstić information content (AvgIpc) is 2.19. The molecule has 0 heterocycles. The van der Waals surface area contributed by atoms with Gasteiger partial charge in [-0.2, -0.15) is 0 Å². The molecule has 0 atom stereocenters. The molecule has 0 bridgehead atoms. The molecule has 1 aliphatic rings. The zero-order valence-corrected chi connectivity index (χ0v) is 9.70. The van der Waals surface area contributed by atoms with Crippen molar-refractivity contribution in [1.82, 2.24) is 0 Å². The summed E-state index contributed by atoms with van der Waals surface area (Å²) in [6.45, 7) is 1.82. The van der Waals surface area contributed by atoms with E-state index < -0.39 is 11.6 Å². The molecular weight excluding hydrogens is 223 g/mol. The molecule has 1 saturated carbocycles. The average molecular weight is 238 g/mol. The molecule has 1 fully saturated rings. The van der Waals surface area contributed by atoms with Crippen LogP contribution in [0.1, 0.15) is 31.2 Å². The predicted octanol–water partition coefficient (Wildman–Crippen LogP) is 2.91. The Bertz CT molecular complexity index is 438. The highest BCUT2D eigenvalue weighted by molar-refractivity contribution is 5.68. The highest BCUT2D eigenvalue weighted by Gasteiger charge is 2.41. The highest BCUT2D eigenvalue weighted by atomic mass is 19.1. The van der Waals surface area contributed by atoms with Gasteiger partial charge in [-0.25, -0.2) is 4.39 Å². The quantitative estimate of drug-likeness (QED) is 0.877. The van der Waals surface area contributed by atoms with Gasteiger partial charge in [-0.1, -0.05) is 6.07 Å². The van der Waals surface area contributed by atoms with E-state index in [1.807, 2.05) is 6.92 Å². The molecule has 4 heteroatoms.